The van der Waals surface area contributed by atoms with E-state index in [0.29, 0.717) is 5.57 Å². The van der Waals surface area contributed by atoms with Crippen molar-refractivity contribution in [3.8, 4) is 0 Å². The van der Waals surface area contributed by atoms with Gasteiger partial charge >= 0.3 is 0 Å². The summed E-state index contributed by atoms with van der Waals surface area (Å²) in [5.74, 6) is 0.754. The van der Waals surface area contributed by atoms with Crippen LogP contribution in [0.2, 0.25) is 0 Å². The zero-order valence-electron chi connectivity index (χ0n) is 5.55. The Morgan fingerprint density at radius 1 is 1.78 bits per heavy atom. The number of aliphatic hydroxyl groups is 1. The second-order valence-corrected chi connectivity index (χ2v) is 2.77. The maximum absolute atomic E-state index is 10.7. The van der Waals surface area contributed by atoms with Gasteiger partial charge < -0.3 is 5.11 Å². The molecule has 1 N–H and O–H groups in total. The van der Waals surface area contributed by atoms with Crippen molar-refractivity contribution in [2.75, 3.05) is 5.75 Å². The Morgan fingerprint density at radius 3 is 2.67 bits per heavy atom. The highest BCUT2D eigenvalue weighted by atomic mass is 32.2. The minimum absolute atomic E-state index is 0.0556. The lowest BCUT2D eigenvalue weighted by atomic mass is 10.4. The molecular weight excluding hydrogens is 136 g/mol. The fourth-order valence-corrected chi connectivity index (χ4v) is 0.840. The summed E-state index contributed by atoms with van der Waals surface area (Å²) in [6, 6.07) is 0. The van der Waals surface area contributed by atoms with Gasteiger partial charge in [-0.2, -0.15) is 0 Å². The SMILES string of the molecule is CCSC(=O)C(C)=CO. The maximum Gasteiger partial charge on any atom is 0.218 e. The Kier molecular flexibility index (Phi) is 4.22. The van der Waals surface area contributed by atoms with Gasteiger partial charge in [0.05, 0.1) is 6.26 Å². The highest BCUT2D eigenvalue weighted by Gasteiger charge is 2.01. The van der Waals surface area contributed by atoms with E-state index >= 15 is 0 Å². The molecule has 0 radical (unpaired) electrons. The smallest absolute Gasteiger partial charge is 0.218 e. The summed E-state index contributed by atoms with van der Waals surface area (Å²) in [4.78, 5) is 10.7. The zero-order valence-corrected chi connectivity index (χ0v) is 6.36. The highest BCUT2D eigenvalue weighted by Crippen LogP contribution is 2.07. The van der Waals surface area contributed by atoms with Crippen molar-refractivity contribution in [1.82, 2.24) is 0 Å². The minimum Gasteiger partial charge on any atom is -0.515 e. The average Bonchev–Trinajstić information content (AvgIpc) is 1.87. The molecule has 3 heteroatoms. The standard InChI is InChI=1S/C6H10O2S/c1-3-9-6(8)5(2)4-7/h4,7H,3H2,1-2H3. The number of aliphatic hydroxyl groups excluding tert-OH is 1. The molecule has 0 aliphatic carbocycles. The summed E-state index contributed by atoms with van der Waals surface area (Å²) < 4.78 is 0. The Hall–Kier alpha value is -0.440. The quantitative estimate of drug-likeness (QED) is 0.476. The topological polar surface area (TPSA) is 37.3 Å². The molecule has 0 aromatic heterocycles. The number of rotatable bonds is 2. The molecular formula is C6H10O2S. The van der Waals surface area contributed by atoms with Crippen molar-refractivity contribution in [3.05, 3.63) is 11.8 Å². The van der Waals surface area contributed by atoms with Crippen LogP contribution in [0.25, 0.3) is 0 Å². The van der Waals surface area contributed by atoms with Crippen LogP contribution in [0.5, 0.6) is 0 Å². The molecule has 0 aromatic carbocycles. The molecule has 0 saturated carbocycles. The van der Waals surface area contributed by atoms with Gasteiger partial charge in [-0.3, -0.25) is 4.79 Å². The highest BCUT2D eigenvalue weighted by molar-refractivity contribution is 8.14. The predicted molar refractivity (Wildman–Crippen MR) is 39.5 cm³/mol. The van der Waals surface area contributed by atoms with E-state index in [1.807, 2.05) is 6.92 Å². The van der Waals surface area contributed by atoms with Gasteiger partial charge in [-0.15, -0.1) is 0 Å². The number of hydrogen-bond acceptors (Lipinski definition) is 3. The lowest BCUT2D eigenvalue weighted by molar-refractivity contribution is -0.107. The van der Waals surface area contributed by atoms with Crippen molar-refractivity contribution in [1.29, 1.82) is 0 Å². The van der Waals surface area contributed by atoms with Crippen LogP contribution >= 0.6 is 11.8 Å². The van der Waals surface area contributed by atoms with Crippen LogP contribution in [0.15, 0.2) is 11.8 Å². The molecule has 0 aliphatic rings. The van der Waals surface area contributed by atoms with Crippen molar-refractivity contribution < 1.29 is 9.90 Å². The van der Waals surface area contributed by atoms with E-state index in [4.69, 9.17) is 5.11 Å². The molecule has 0 heterocycles. The number of thioether (sulfide) groups is 1. The van der Waals surface area contributed by atoms with Gasteiger partial charge in [-0.1, -0.05) is 18.7 Å². The third-order valence-electron chi connectivity index (χ3n) is 0.791. The van der Waals surface area contributed by atoms with Crippen LogP contribution in [0.1, 0.15) is 13.8 Å². The third kappa shape index (κ3) is 3.19. The molecule has 0 amide bonds. The molecule has 0 spiro atoms. The minimum atomic E-state index is -0.0556. The van der Waals surface area contributed by atoms with E-state index < -0.39 is 0 Å². The van der Waals surface area contributed by atoms with Crippen LogP contribution in [0.3, 0.4) is 0 Å². The van der Waals surface area contributed by atoms with Gasteiger partial charge in [0, 0.05) is 5.57 Å². The van der Waals surface area contributed by atoms with E-state index in [0.717, 1.165) is 12.0 Å². The largest absolute Gasteiger partial charge is 0.515 e. The summed E-state index contributed by atoms with van der Waals surface area (Å²) in [6.07, 6.45) is 0.838. The molecule has 52 valence electrons. The first-order valence-corrected chi connectivity index (χ1v) is 3.69. The summed E-state index contributed by atoms with van der Waals surface area (Å²) in [5.41, 5.74) is 0.404. The molecule has 0 aromatic rings. The Labute approximate surface area is 59.0 Å². The third-order valence-corrected chi connectivity index (χ3v) is 1.66. The summed E-state index contributed by atoms with van der Waals surface area (Å²) >= 11 is 1.20. The monoisotopic (exact) mass is 146 g/mol. The molecule has 0 aliphatic heterocycles. The first kappa shape index (κ1) is 8.56. The second-order valence-electron chi connectivity index (χ2n) is 1.53. The fraction of sp³-hybridized carbons (Fsp3) is 0.500. The summed E-state index contributed by atoms with van der Waals surface area (Å²) in [7, 11) is 0. The van der Waals surface area contributed by atoms with Gasteiger partial charge in [0.2, 0.25) is 5.12 Å². The summed E-state index contributed by atoms with van der Waals surface area (Å²) in [6.45, 7) is 3.48. The normalized spacial score (nSPS) is 11.6. The van der Waals surface area contributed by atoms with E-state index in [2.05, 4.69) is 0 Å². The number of carbonyl (C=O) groups is 1. The molecule has 0 unspecified atom stereocenters. The fourth-order valence-electron chi connectivity index (χ4n) is 0.298. The van der Waals surface area contributed by atoms with Gasteiger partial charge in [0.25, 0.3) is 0 Å². The van der Waals surface area contributed by atoms with Crippen LogP contribution in [0, 0.1) is 0 Å². The Bertz CT molecular complexity index is 129. The van der Waals surface area contributed by atoms with Gasteiger partial charge in [0.15, 0.2) is 0 Å². The lowest BCUT2D eigenvalue weighted by Gasteiger charge is -1.93. The molecule has 0 rings (SSSR count). The summed E-state index contributed by atoms with van der Waals surface area (Å²) in [5, 5.41) is 8.28. The number of hydrogen-bond donors (Lipinski definition) is 1. The van der Waals surface area contributed by atoms with Crippen LogP contribution < -0.4 is 0 Å². The van der Waals surface area contributed by atoms with Crippen LogP contribution in [-0.4, -0.2) is 16.0 Å². The van der Waals surface area contributed by atoms with Gasteiger partial charge in [-0.05, 0) is 12.7 Å². The molecule has 0 saturated heterocycles. The second kappa shape index (κ2) is 4.44. The van der Waals surface area contributed by atoms with Gasteiger partial charge in [-0.25, -0.2) is 0 Å². The Balaban J connectivity index is 3.74. The molecule has 0 atom stereocenters. The van der Waals surface area contributed by atoms with Crippen molar-refractivity contribution in [3.63, 3.8) is 0 Å². The van der Waals surface area contributed by atoms with Gasteiger partial charge in [0.1, 0.15) is 0 Å². The van der Waals surface area contributed by atoms with E-state index in [9.17, 15) is 4.79 Å². The molecule has 2 nitrogen and oxygen atoms in total. The van der Waals surface area contributed by atoms with E-state index in [1.54, 1.807) is 6.92 Å². The Morgan fingerprint density at radius 2 is 2.33 bits per heavy atom. The number of carbonyl (C=O) groups excluding carboxylic acids is 1. The van der Waals surface area contributed by atoms with E-state index in [1.165, 1.54) is 11.8 Å². The molecule has 9 heavy (non-hydrogen) atoms. The van der Waals surface area contributed by atoms with Crippen molar-refractivity contribution in [2.45, 2.75) is 13.8 Å². The van der Waals surface area contributed by atoms with Crippen molar-refractivity contribution in [2.24, 2.45) is 0 Å². The first-order valence-electron chi connectivity index (χ1n) is 2.70. The lowest BCUT2D eigenvalue weighted by Crippen LogP contribution is -1.92. The van der Waals surface area contributed by atoms with E-state index in [-0.39, 0.29) is 5.12 Å². The maximum atomic E-state index is 10.7. The first-order chi connectivity index (χ1) is 4.22. The van der Waals surface area contributed by atoms with Crippen LogP contribution in [-0.2, 0) is 4.79 Å². The van der Waals surface area contributed by atoms with Crippen LogP contribution in [0.4, 0.5) is 0 Å². The molecule has 0 bridgehead atoms. The average molecular weight is 146 g/mol. The predicted octanol–water partition coefficient (Wildman–Crippen LogP) is 1.73. The zero-order chi connectivity index (χ0) is 7.28. The van der Waals surface area contributed by atoms with Crippen molar-refractivity contribution >= 4 is 16.9 Å². The molecule has 0 fully saturated rings.